The van der Waals surface area contributed by atoms with Gasteiger partial charge in [-0.25, -0.2) is 4.98 Å². The Kier molecular flexibility index (Phi) is 9.96. The molecule has 1 aromatic carbocycles. The normalized spacial score (nSPS) is 11.8. The Morgan fingerprint density at radius 1 is 1.03 bits per heavy atom. The maximum absolute atomic E-state index is 12.8. The summed E-state index contributed by atoms with van der Waals surface area (Å²) in [5.74, 6) is -2.20. The van der Waals surface area contributed by atoms with Crippen molar-refractivity contribution in [3.8, 4) is 22.7 Å². The van der Waals surface area contributed by atoms with Gasteiger partial charge in [-0.3, -0.25) is 24.3 Å². The molecule has 3 rings (SSSR count). The van der Waals surface area contributed by atoms with E-state index in [2.05, 4.69) is 31.1 Å². The first-order chi connectivity index (χ1) is 18.6. The van der Waals surface area contributed by atoms with Crippen LogP contribution in [0.3, 0.4) is 0 Å². The van der Waals surface area contributed by atoms with E-state index >= 15 is 0 Å². The largest absolute Gasteiger partial charge is 0.480 e. The summed E-state index contributed by atoms with van der Waals surface area (Å²) in [6, 6.07) is 7.84. The Labute approximate surface area is 226 Å². The van der Waals surface area contributed by atoms with E-state index in [4.69, 9.17) is 9.52 Å². The third-order valence-electron chi connectivity index (χ3n) is 6.02. The molecular weight excluding hydrogens is 504 g/mol. The number of nitrogens with zero attached hydrogens (tertiary/aromatic N) is 2. The minimum Gasteiger partial charge on any atom is -0.480 e. The number of nitrogens with one attached hydrogen (secondary N) is 4. The van der Waals surface area contributed by atoms with E-state index in [1.165, 1.54) is 6.20 Å². The second-order valence-corrected chi connectivity index (χ2v) is 9.53. The summed E-state index contributed by atoms with van der Waals surface area (Å²) >= 11 is 0. The molecule has 2 heterocycles. The topological polar surface area (TPSA) is 179 Å². The highest BCUT2D eigenvalue weighted by Gasteiger charge is 2.24. The lowest BCUT2D eigenvalue weighted by Crippen LogP contribution is -2.48. The zero-order chi connectivity index (χ0) is 28.5. The smallest absolute Gasteiger partial charge is 0.322 e. The molecule has 1 unspecified atom stereocenters. The van der Waals surface area contributed by atoms with Crippen LogP contribution in [0.1, 0.15) is 68.0 Å². The molecule has 0 bridgehead atoms. The van der Waals surface area contributed by atoms with Gasteiger partial charge in [-0.15, -0.1) is 0 Å². The molecule has 0 aliphatic carbocycles. The van der Waals surface area contributed by atoms with Crippen molar-refractivity contribution in [3.05, 3.63) is 48.0 Å². The maximum atomic E-state index is 12.8. The third kappa shape index (κ3) is 8.00. The average molecular weight is 539 g/mol. The minimum absolute atomic E-state index is 0.0564. The number of amides is 3. The number of hydrogen-bond acceptors (Lipinski definition) is 7. The van der Waals surface area contributed by atoms with Crippen molar-refractivity contribution in [2.75, 3.05) is 6.54 Å². The number of rotatable bonds is 13. The molecule has 208 valence electrons. The highest BCUT2D eigenvalue weighted by Crippen LogP contribution is 2.26. The van der Waals surface area contributed by atoms with Crippen LogP contribution in [0.2, 0.25) is 0 Å². The lowest BCUT2D eigenvalue weighted by Gasteiger charge is -2.19. The van der Waals surface area contributed by atoms with E-state index in [9.17, 15) is 19.2 Å². The fraction of sp³-hybridized carbons (Fsp3) is 0.407. The zero-order valence-electron chi connectivity index (χ0n) is 22.4. The summed E-state index contributed by atoms with van der Waals surface area (Å²) in [6.45, 7) is 7.24. The van der Waals surface area contributed by atoms with Gasteiger partial charge in [0.25, 0.3) is 11.8 Å². The fourth-order valence-electron chi connectivity index (χ4n) is 3.89. The number of hydrogen-bond donors (Lipinski definition) is 5. The number of aliphatic carboxylic acids is 1. The molecule has 0 aliphatic rings. The predicted molar refractivity (Wildman–Crippen MR) is 143 cm³/mol. The Balaban J connectivity index is 1.73. The van der Waals surface area contributed by atoms with Crippen molar-refractivity contribution in [1.82, 2.24) is 31.1 Å². The van der Waals surface area contributed by atoms with Crippen molar-refractivity contribution in [3.63, 3.8) is 0 Å². The van der Waals surface area contributed by atoms with E-state index in [1.54, 1.807) is 24.3 Å². The lowest BCUT2D eigenvalue weighted by molar-refractivity contribution is -0.138. The number of carboxylic acids is 1. The summed E-state index contributed by atoms with van der Waals surface area (Å²) in [4.78, 5) is 52.8. The van der Waals surface area contributed by atoms with Gasteiger partial charge in [0.05, 0.1) is 11.9 Å². The quantitative estimate of drug-likeness (QED) is 0.220. The van der Waals surface area contributed by atoms with Crippen molar-refractivity contribution < 1.29 is 28.7 Å². The second-order valence-electron chi connectivity index (χ2n) is 9.53. The van der Waals surface area contributed by atoms with E-state index in [0.717, 1.165) is 12.8 Å². The van der Waals surface area contributed by atoms with Gasteiger partial charge < -0.3 is 25.5 Å². The predicted octanol–water partition coefficient (Wildman–Crippen LogP) is 3.00. The van der Waals surface area contributed by atoms with Gasteiger partial charge in [-0.2, -0.15) is 5.10 Å². The summed E-state index contributed by atoms with van der Waals surface area (Å²) in [5.41, 5.74) is 1.92. The summed E-state index contributed by atoms with van der Waals surface area (Å²) in [6.07, 6.45) is 3.33. The highest BCUT2D eigenvalue weighted by atomic mass is 16.4. The van der Waals surface area contributed by atoms with E-state index in [0.29, 0.717) is 23.2 Å². The van der Waals surface area contributed by atoms with Crippen molar-refractivity contribution >= 4 is 23.7 Å². The van der Waals surface area contributed by atoms with Gasteiger partial charge in [0.1, 0.15) is 12.6 Å². The molecule has 5 N–H and O–H groups in total. The van der Waals surface area contributed by atoms with Crippen LogP contribution in [0.25, 0.3) is 22.7 Å². The third-order valence-corrected chi connectivity index (χ3v) is 6.02. The number of carboxylic acid groups (broad SMARTS) is 1. The Hall–Kier alpha value is -4.48. The van der Waals surface area contributed by atoms with Crippen LogP contribution in [0, 0.1) is 5.92 Å². The summed E-state index contributed by atoms with van der Waals surface area (Å²) in [5, 5.41) is 23.6. The van der Waals surface area contributed by atoms with Crippen LogP contribution in [0.15, 0.2) is 40.9 Å². The van der Waals surface area contributed by atoms with Crippen LogP contribution in [-0.2, 0) is 9.59 Å². The van der Waals surface area contributed by atoms with E-state index < -0.39 is 30.4 Å². The number of H-pyrrole nitrogens is 1. The van der Waals surface area contributed by atoms with Gasteiger partial charge in [-0.1, -0.05) is 39.8 Å². The van der Waals surface area contributed by atoms with Crippen LogP contribution >= 0.6 is 0 Å². The number of aromatic amines is 1. The lowest BCUT2D eigenvalue weighted by atomic mass is 10.0. The molecule has 3 aromatic rings. The van der Waals surface area contributed by atoms with Gasteiger partial charge in [0.15, 0.2) is 5.69 Å². The zero-order valence-corrected chi connectivity index (χ0v) is 22.4. The standard InChI is InChI=1S/C27H34N6O6/c1-5-18(6-2)30-26(38)22-13-29-27(39-22)17-9-7-8-16(11-17)19-12-21(33-32-19)25(37)31-20(10-15(3)4)24(36)28-14-23(34)35/h7-9,11-13,15,18,20H,5-6,10,14H2,1-4H3,(H,28,36)(H,30,38)(H,31,37)(H,32,33)(H,34,35). The molecular formula is C27H34N6O6. The van der Waals surface area contributed by atoms with Crippen molar-refractivity contribution in [1.29, 1.82) is 0 Å². The Morgan fingerprint density at radius 3 is 2.41 bits per heavy atom. The van der Waals surface area contributed by atoms with Crippen molar-refractivity contribution in [2.24, 2.45) is 5.92 Å². The number of carbonyl (C=O) groups is 4. The van der Waals surface area contributed by atoms with Crippen LogP contribution in [0.4, 0.5) is 0 Å². The molecule has 2 aromatic heterocycles. The molecule has 0 radical (unpaired) electrons. The molecule has 39 heavy (non-hydrogen) atoms. The number of oxazole rings is 1. The number of carbonyl (C=O) groups excluding carboxylic acids is 3. The molecule has 12 heteroatoms. The molecule has 12 nitrogen and oxygen atoms in total. The number of aromatic nitrogens is 3. The summed E-state index contributed by atoms with van der Waals surface area (Å²) in [7, 11) is 0. The van der Waals surface area contributed by atoms with E-state index in [1.807, 2.05) is 33.8 Å². The van der Waals surface area contributed by atoms with Crippen LogP contribution in [-0.4, -0.2) is 62.6 Å². The Bertz CT molecular complexity index is 1310. The fourth-order valence-corrected chi connectivity index (χ4v) is 3.89. The molecule has 0 saturated carbocycles. The minimum atomic E-state index is -1.18. The van der Waals surface area contributed by atoms with Crippen LogP contribution < -0.4 is 16.0 Å². The first kappa shape index (κ1) is 29.1. The SMILES string of the molecule is CCC(CC)NC(=O)c1cnc(-c2cccc(-c3cc(C(=O)NC(CC(C)C)C(=O)NCC(=O)O)n[nH]3)c2)o1. The molecule has 0 fully saturated rings. The first-order valence-corrected chi connectivity index (χ1v) is 12.8. The summed E-state index contributed by atoms with van der Waals surface area (Å²) < 4.78 is 5.70. The second kappa shape index (κ2) is 13.4. The highest BCUT2D eigenvalue weighted by molar-refractivity contribution is 5.97. The average Bonchev–Trinajstić information content (AvgIpc) is 3.60. The van der Waals surface area contributed by atoms with Gasteiger partial charge in [0.2, 0.25) is 17.6 Å². The molecule has 0 spiro atoms. The number of benzene rings is 1. The molecule has 3 amide bonds. The van der Waals surface area contributed by atoms with E-state index in [-0.39, 0.29) is 35.2 Å². The molecule has 0 aliphatic heterocycles. The monoisotopic (exact) mass is 538 g/mol. The Morgan fingerprint density at radius 2 is 1.74 bits per heavy atom. The van der Waals surface area contributed by atoms with Crippen LogP contribution in [0.5, 0.6) is 0 Å². The van der Waals surface area contributed by atoms with Gasteiger partial charge in [-0.05, 0) is 43.4 Å². The molecule has 1 atom stereocenters. The molecule has 0 saturated heterocycles. The first-order valence-electron chi connectivity index (χ1n) is 12.8. The van der Waals surface area contributed by atoms with Crippen molar-refractivity contribution in [2.45, 2.75) is 59.0 Å². The van der Waals surface area contributed by atoms with Gasteiger partial charge in [0, 0.05) is 17.2 Å². The maximum Gasteiger partial charge on any atom is 0.322 e. The van der Waals surface area contributed by atoms with Gasteiger partial charge >= 0.3 is 5.97 Å².